The number of aromatic nitrogens is 3. The molecule has 0 fully saturated rings. The summed E-state index contributed by atoms with van der Waals surface area (Å²) in [5, 5.41) is 4.48. The number of methoxy groups -OCH3 is 1. The van der Waals surface area contributed by atoms with Crippen molar-refractivity contribution in [2.24, 2.45) is 5.10 Å². The highest BCUT2D eigenvalue weighted by Crippen LogP contribution is 2.35. The minimum atomic E-state index is -4.00. The number of rotatable bonds is 5. The van der Waals surface area contributed by atoms with Crippen LogP contribution in [0.1, 0.15) is 11.1 Å². The van der Waals surface area contributed by atoms with Crippen LogP contribution in [0.3, 0.4) is 0 Å². The first-order valence-corrected chi connectivity index (χ1v) is 11.9. The number of hydrogen-bond donors (Lipinski definition) is 1. The fourth-order valence-corrected chi connectivity index (χ4v) is 5.34. The summed E-state index contributed by atoms with van der Waals surface area (Å²) in [4.78, 5) is 9.28. The zero-order valence-electron chi connectivity index (χ0n) is 18.5. The van der Waals surface area contributed by atoms with E-state index in [9.17, 15) is 8.42 Å². The Morgan fingerprint density at radius 1 is 0.971 bits per heavy atom. The summed E-state index contributed by atoms with van der Waals surface area (Å²) >= 11 is 0. The molecule has 9 heteroatoms. The van der Waals surface area contributed by atoms with Gasteiger partial charge in [-0.2, -0.15) is 9.78 Å². The fourth-order valence-electron chi connectivity index (χ4n) is 3.75. The van der Waals surface area contributed by atoms with E-state index in [-0.39, 0.29) is 26.8 Å². The SMILES string of the molecule is COc1cccc(/C=N/n2c(N)c(S(=O)(=O)c3cccc(C)c3)c3nc4ccccc4nc32)c1. The molecular weight excluding hydrogens is 450 g/mol. The number of aryl methyl sites for hydroxylation is 1. The number of ether oxygens (including phenoxy) is 1. The normalized spacial score (nSPS) is 12.1. The zero-order valence-corrected chi connectivity index (χ0v) is 19.3. The monoisotopic (exact) mass is 471 g/mol. The Hall–Kier alpha value is -4.24. The lowest BCUT2D eigenvalue weighted by molar-refractivity contribution is 0.415. The highest BCUT2D eigenvalue weighted by atomic mass is 32.2. The van der Waals surface area contributed by atoms with Crippen molar-refractivity contribution >= 4 is 44.1 Å². The Morgan fingerprint density at radius 2 is 1.71 bits per heavy atom. The predicted molar refractivity (Wildman–Crippen MR) is 132 cm³/mol. The first-order chi connectivity index (χ1) is 16.4. The maximum absolute atomic E-state index is 13.7. The first kappa shape index (κ1) is 21.6. The Balaban J connectivity index is 1.78. The Labute approximate surface area is 196 Å². The molecule has 8 nitrogen and oxygen atoms in total. The van der Waals surface area contributed by atoms with Crippen LogP contribution < -0.4 is 10.5 Å². The average Bonchev–Trinajstić information content (AvgIpc) is 3.12. The van der Waals surface area contributed by atoms with E-state index in [1.54, 1.807) is 49.7 Å². The lowest BCUT2D eigenvalue weighted by Gasteiger charge is -2.06. The van der Waals surface area contributed by atoms with Gasteiger partial charge >= 0.3 is 0 Å². The number of sulfone groups is 1. The van der Waals surface area contributed by atoms with Gasteiger partial charge in [-0.15, -0.1) is 0 Å². The van der Waals surface area contributed by atoms with E-state index in [2.05, 4.69) is 15.1 Å². The van der Waals surface area contributed by atoms with Crippen LogP contribution in [-0.4, -0.2) is 36.4 Å². The van der Waals surface area contributed by atoms with Gasteiger partial charge in [0.05, 0.1) is 29.3 Å². The number of para-hydroxylation sites is 2. The number of nitrogens with two attached hydrogens (primary N) is 1. The number of benzene rings is 3. The number of nitrogens with zero attached hydrogens (tertiary/aromatic N) is 4. The third kappa shape index (κ3) is 3.65. The van der Waals surface area contributed by atoms with Crippen LogP contribution in [-0.2, 0) is 9.84 Å². The van der Waals surface area contributed by atoms with Gasteiger partial charge in [0.25, 0.3) is 0 Å². The van der Waals surface area contributed by atoms with Crippen LogP contribution in [0.15, 0.2) is 87.7 Å². The van der Waals surface area contributed by atoms with Crippen LogP contribution in [0.25, 0.3) is 22.2 Å². The molecule has 0 unspecified atom stereocenters. The number of nitrogen functional groups attached to an aromatic ring is 1. The van der Waals surface area contributed by atoms with Gasteiger partial charge in [-0.05, 0) is 54.4 Å². The van der Waals surface area contributed by atoms with Gasteiger partial charge in [-0.1, -0.05) is 36.4 Å². The zero-order chi connectivity index (χ0) is 23.9. The van der Waals surface area contributed by atoms with Crippen LogP contribution in [0.4, 0.5) is 5.82 Å². The Kier molecular flexibility index (Phi) is 5.25. The molecular formula is C25H21N5O3S. The van der Waals surface area contributed by atoms with Gasteiger partial charge in [0.2, 0.25) is 9.84 Å². The van der Waals surface area contributed by atoms with Gasteiger partial charge in [0, 0.05) is 0 Å². The summed E-state index contributed by atoms with van der Waals surface area (Å²) in [5.41, 5.74) is 9.57. The molecule has 0 aliphatic rings. The highest BCUT2D eigenvalue weighted by molar-refractivity contribution is 7.92. The smallest absolute Gasteiger partial charge is 0.212 e. The third-order valence-corrected chi connectivity index (χ3v) is 7.23. The molecule has 34 heavy (non-hydrogen) atoms. The molecule has 5 aromatic rings. The van der Waals surface area contributed by atoms with Crippen molar-refractivity contribution in [2.75, 3.05) is 12.8 Å². The van der Waals surface area contributed by atoms with Gasteiger partial charge in [0.1, 0.15) is 22.0 Å². The summed E-state index contributed by atoms with van der Waals surface area (Å²) in [6.07, 6.45) is 1.57. The lowest BCUT2D eigenvalue weighted by Crippen LogP contribution is -2.07. The van der Waals surface area contributed by atoms with E-state index < -0.39 is 9.84 Å². The van der Waals surface area contributed by atoms with Crippen molar-refractivity contribution in [2.45, 2.75) is 16.7 Å². The minimum absolute atomic E-state index is 0.0639. The highest BCUT2D eigenvalue weighted by Gasteiger charge is 2.30. The molecule has 0 spiro atoms. The predicted octanol–water partition coefficient (Wildman–Crippen LogP) is 4.20. The Morgan fingerprint density at radius 3 is 2.44 bits per heavy atom. The van der Waals surface area contributed by atoms with E-state index in [0.717, 1.165) is 11.1 Å². The van der Waals surface area contributed by atoms with Crippen LogP contribution in [0.5, 0.6) is 5.75 Å². The average molecular weight is 472 g/mol. The van der Waals surface area contributed by atoms with E-state index in [0.29, 0.717) is 16.8 Å². The lowest BCUT2D eigenvalue weighted by atomic mass is 10.2. The van der Waals surface area contributed by atoms with Crippen molar-refractivity contribution in [3.8, 4) is 5.75 Å². The van der Waals surface area contributed by atoms with E-state index in [1.807, 2.05) is 43.3 Å². The van der Waals surface area contributed by atoms with Gasteiger partial charge in [-0.25, -0.2) is 18.4 Å². The van der Waals surface area contributed by atoms with Gasteiger partial charge in [0.15, 0.2) is 5.65 Å². The Bertz CT molecular complexity index is 1690. The summed E-state index contributed by atoms with van der Waals surface area (Å²) in [5.74, 6) is 0.605. The third-order valence-electron chi connectivity index (χ3n) is 5.41. The first-order valence-electron chi connectivity index (χ1n) is 10.5. The summed E-state index contributed by atoms with van der Waals surface area (Å²) in [6.45, 7) is 1.83. The second-order valence-electron chi connectivity index (χ2n) is 7.75. The van der Waals surface area contributed by atoms with Gasteiger partial charge in [-0.3, -0.25) is 0 Å². The largest absolute Gasteiger partial charge is 0.497 e. The molecule has 170 valence electrons. The molecule has 0 saturated carbocycles. The maximum atomic E-state index is 13.7. The van der Waals surface area contributed by atoms with Crippen molar-refractivity contribution < 1.29 is 13.2 Å². The fraction of sp³-hybridized carbons (Fsp3) is 0.0800. The molecule has 0 aliphatic heterocycles. The molecule has 3 aromatic carbocycles. The molecule has 0 bridgehead atoms. The number of anilines is 1. The molecule has 0 aliphatic carbocycles. The topological polar surface area (TPSA) is 112 Å². The van der Waals surface area contributed by atoms with Crippen molar-refractivity contribution in [3.63, 3.8) is 0 Å². The number of fused-ring (bicyclic) bond motifs is 2. The van der Waals surface area contributed by atoms with Gasteiger partial charge < -0.3 is 10.5 Å². The molecule has 2 N–H and O–H groups in total. The maximum Gasteiger partial charge on any atom is 0.212 e. The molecule has 0 amide bonds. The van der Waals surface area contributed by atoms with Crippen molar-refractivity contribution in [3.05, 3.63) is 83.9 Å². The number of hydrogen-bond acceptors (Lipinski definition) is 7. The molecule has 5 rings (SSSR count). The van der Waals surface area contributed by atoms with E-state index >= 15 is 0 Å². The molecule has 2 aromatic heterocycles. The molecule has 0 atom stereocenters. The second kappa shape index (κ2) is 8.27. The van der Waals surface area contributed by atoms with Crippen LogP contribution in [0.2, 0.25) is 0 Å². The molecule has 0 saturated heterocycles. The van der Waals surface area contributed by atoms with Crippen molar-refractivity contribution in [1.29, 1.82) is 0 Å². The molecule has 2 heterocycles. The van der Waals surface area contributed by atoms with Crippen molar-refractivity contribution in [1.82, 2.24) is 14.6 Å². The minimum Gasteiger partial charge on any atom is -0.497 e. The van der Waals surface area contributed by atoms with Crippen LogP contribution in [0, 0.1) is 6.92 Å². The summed E-state index contributed by atoms with van der Waals surface area (Å²) < 4.78 is 34.0. The standard InChI is InChI=1S/C25H21N5O3S/c1-16-7-5-10-19(13-16)34(31,32)23-22-25(29-21-12-4-3-11-20(21)28-22)30(24(23)26)27-15-17-8-6-9-18(14-17)33-2/h3-15H,26H2,1-2H3/b27-15+. The van der Waals surface area contributed by atoms with Crippen LogP contribution >= 0.6 is 0 Å². The van der Waals surface area contributed by atoms with E-state index in [4.69, 9.17) is 10.5 Å². The summed E-state index contributed by atoms with van der Waals surface area (Å²) in [6, 6.07) is 21.2. The quantitative estimate of drug-likeness (QED) is 0.385. The van der Waals surface area contributed by atoms with E-state index in [1.165, 1.54) is 4.68 Å². The second-order valence-corrected chi connectivity index (χ2v) is 9.64. The molecule has 0 radical (unpaired) electrons. The summed E-state index contributed by atoms with van der Waals surface area (Å²) in [7, 11) is -2.42.